The average molecular weight is 520 g/mol. The fraction of sp³-hybridized carbons (Fsp3) is 0.259. The second-order valence-electron chi connectivity index (χ2n) is 8.65. The van der Waals surface area contributed by atoms with E-state index in [1.165, 1.54) is 36.3 Å². The first-order chi connectivity index (χ1) is 18.3. The number of para-hydroxylation sites is 1. The molecule has 2 aliphatic heterocycles. The number of alkyl halides is 2. The van der Waals surface area contributed by atoms with Gasteiger partial charge in [-0.05, 0) is 42.2 Å². The predicted octanol–water partition coefficient (Wildman–Crippen LogP) is 3.06. The Labute approximate surface area is 216 Å². The van der Waals surface area contributed by atoms with Crippen LogP contribution in [-0.2, 0) is 9.53 Å². The number of hydrogen-bond donors (Lipinski definition) is 1. The smallest absolute Gasteiger partial charge is 0.315 e. The first-order valence-electron chi connectivity index (χ1n) is 11.7. The van der Waals surface area contributed by atoms with Gasteiger partial charge in [0.15, 0.2) is 11.6 Å². The van der Waals surface area contributed by atoms with Gasteiger partial charge < -0.3 is 19.5 Å². The average Bonchev–Trinajstić information content (AvgIpc) is 2.99. The van der Waals surface area contributed by atoms with Crippen LogP contribution < -0.4 is 19.7 Å². The van der Waals surface area contributed by atoms with E-state index in [-0.39, 0.29) is 42.8 Å². The number of benzene rings is 1. The number of rotatable bonds is 5. The normalized spacial score (nSPS) is 17.2. The molecule has 5 rings (SSSR count). The minimum absolute atomic E-state index is 0.0443. The van der Waals surface area contributed by atoms with E-state index < -0.39 is 29.7 Å². The Hall–Kier alpha value is -4.56. The van der Waals surface area contributed by atoms with Gasteiger partial charge >= 0.3 is 5.92 Å². The summed E-state index contributed by atoms with van der Waals surface area (Å²) in [5.74, 6) is 0.397. The summed E-state index contributed by atoms with van der Waals surface area (Å²) in [5, 5.41) is 2.63. The van der Waals surface area contributed by atoms with Crippen LogP contribution in [0.25, 0.3) is 0 Å². The minimum atomic E-state index is -3.21. The molecule has 0 radical (unpaired) electrons. The standard InChI is InChI=1S/C27H22F2N4O5/c1-33-24-23(8-7-18(31-24)9-11-27(28,29)17-14-36-15-17)37-16-22(26(33)35)32-25(34)21-13-20(10-12-30-21)38-19-5-3-2-4-6-19/h2-8,10,12-13,17,22H,14-16H2,1H3,(H,32,34). The molecule has 1 fully saturated rings. The Kier molecular flexibility index (Phi) is 6.89. The van der Waals surface area contributed by atoms with E-state index in [0.717, 1.165) is 0 Å². The third kappa shape index (κ3) is 5.40. The number of hydrogen-bond acceptors (Lipinski definition) is 7. The molecule has 0 saturated carbocycles. The molecule has 0 spiro atoms. The zero-order chi connectivity index (χ0) is 26.7. The summed E-state index contributed by atoms with van der Waals surface area (Å²) >= 11 is 0. The second-order valence-corrected chi connectivity index (χ2v) is 8.65. The van der Waals surface area contributed by atoms with Gasteiger partial charge in [0.05, 0.1) is 19.1 Å². The summed E-state index contributed by atoms with van der Waals surface area (Å²) in [5.41, 5.74) is 0.0953. The molecule has 2 aliphatic rings. The summed E-state index contributed by atoms with van der Waals surface area (Å²) < 4.78 is 44.5. The molecule has 1 N–H and O–H groups in total. The highest BCUT2D eigenvalue weighted by atomic mass is 19.3. The predicted molar refractivity (Wildman–Crippen MR) is 131 cm³/mol. The van der Waals surface area contributed by atoms with Gasteiger partial charge in [0.1, 0.15) is 35.5 Å². The van der Waals surface area contributed by atoms with Gasteiger partial charge in [0.2, 0.25) is 0 Å². The van der Waals surface area contributed by atoms with E-state index in [1.54, 1.807) is 18.2 Å². The van der Waals surface area contributed by atoms with Crippen molar-refractivity contribution in [1.29, 1.82) is 0 Å². The zero-order valence-electron chi connectivity index (χ0n) is 20.2. The van der Waals surface area contributed by atoms with E-state index >= 15 is 0 Å². The maximum absolute atomic E-state index is 14.1. The van der Waals surface area contributed by atoms with Crippen molar-refractivity contribution in [3.63, 3.8) is 0 Å². The first kappa shape index (κ1) is 25.1. The third-order valence-corrected chi connectivity index (χ3v) is 5.95. The number of nitrogens with zero attached hydrogens (tertiary/aromatic N) is 3. The number of anilines is 1. The first-order valence-corrected chi connectivity index (χ1v) is 11.7. The lowest BCUT2D eigenvalue weighted by Crippen LogP contribution is -2.49. The number of pyridine rings is 2. The molecule has 4 heterocycles. The summed E-state index contributed by atoms with van der Waals surface area (Å²) in [6.07, 6.45) is 1.43. The molecular formula is C27H22F2N4O5. The third-order valence-electron chi connectivity index (χ3n) is 5.95. The lowest BCUT2D eigenvalue weighted by molar-refractivity contribution is -0.139. The topological polar surface area (TPSA) is 103 Å². The van der Waals surface area contributed by atoms with Crippen LogP contribution in [0, 0.1) is 17.8 Å². The molecular weight excluding hydrogens is 498 g/mol. The van der Waals surface area contributed by atoms with Gasteiger partial charge in [-0.25, -0.2) is 4.98 Å². The molecule has 1 atom stereocenters. The van der Waals surface area contributed by atoms with E-state index in [4.69, 9.17) is 14.2 Å². The summed E-state index contributed by atoms with van der Waals surface area (Å²) in [4.78, 5) is 35.5. The van der Waals surface area contributed by atoms with Crippen molar-refractivity contribution in [1.82, 2.24) is 15.3 Å². The Morgan fingerprint density at radius 3 is 2.66 bits per heavy atom. The summed E-state index contributed by atoms with van der Waals surface area (Å²) in [7, 11) is 1.45. The molecule has 1 saturated heterocycles. The van der Waals surface area contributed by atoms with Crippen molar-refractivity contribution in [3.8, 4) is 29.1 Å². The molecule has 0 aliphatic carbocycles. The zero-order valence-corrected chi connectivity index (χ0v) is 20.2. The van der Waals surface area contributed by atoms with Crippen molar-refractivity contribution in [2.24, 2.45) is 5.92 Å². The fourth-order valence-corrected chi connectivity index (χ4v) is 3.69. The number of ether oxygens (including phenoxy) is 3. The maximum Gasteiger partial charge on any atom is 0.315 e. The van der Waals surface area contributed by atoms with Gasteiger partial charge in [-0.3, -0.25) is 19.5 Å². The Bertz CT molecular complexity index is 1420. The van der Waals surface area contributed by atoms with Crippen molar-refractivity contribution in [3.05, 3.63) is 72.2 Å². The molecule has 2 aromatic heterocycles. The van der Waals surface area contributed by atoms with Crippen LogP contribution in [0.4, 0.5) is 14.6 Å². The Morgan fingerprint density at radius 2 is 1.92 bits per heavy atom. The Balaban J connectivity index is 1.28. The number of fused-ring (bicyclic) bond motifs is 1. The van der Waals surface area contributed by atoms with Gasteiger partial charge in [0.25, 0.3) is 11.8 Å². The number of carbonyl (C=O) groups excluding carboxylic acids is 2. The number of nitrogens with one attached hydrogen (secondary N) is 1. The van der Waals surface area contributed by atoms with Crippen molar-refractivity contribution in [2.45, 2.75) is 12.0 Å². The van der Waals surface area contributed by atoms with Crippen molar-refractivity contribution < 1.29 is 32.6 Å². The van der Waals surface area contributed by atoms with Crippen LogP contribution in [0.3, 0.4) is 0 Å². The minimum Gasteiger partial charge on any atom is -0.487 e. The monoisotopic (exact) mass is 520 g/mol. The highest BCUT2D eigenvalue weighted by Gasteiger charge is 2.42. The van der Waals surface area contributed by atoms with Gasteiger partial charge in [-0.15, -0.1) is 0 Å². The molecule has 194 valence electrons. The molecule has 2 amide bonds. The largest absolute Gasteiger partial charge is 0.487 e. The van der Waals surface area contributed by atoms with Crippen LogP contribution in [-0.4, -0.2) is 60.6 Å². The molecule has 1 unspecified atom stereocenters. The van der Waals surface area contributed by atoms with E-state index in [9.17, 15) is 18.4 Å². The van der Waals surface area contributed by atoms with Crippen LogP contribution in [0.5, 0.6) is 17.2 Å². The summed E-state index contributed by atoms with van der Waals surface area (Å²) in [6.45, 7) is -0.261. The van der Waals surface area contributed by atoms with Crippen LogP contribution in [0.15, 0.2) is 60.8 Å². The molecule has 3 aromatic rings. The van der Waals surface area contributed by atoms with Crippen LogP contribution in [0.1, 0.15) is 16.2 Å². The lowest BCUT2D eigenvalue weighted by Gasteiger charge is -2.29. The molecule has 1 aromatic carbocycles. The van der Waals surface area contributed by atoms with Crippen molar-refractivity contribution in [2.75, 3.05) is 31.8 Å². The number of carbonyl (C=O) groups is 2. The highest BCUT2D eigenvalue weighted by molar-refractivity contribution is 6.02. The number of aromatic nitrogens is 2. The second kappa shape index (κ2) is 10.4. The quantitative estimate of drug-likeness (QED) is 0.516. The van der Waals surface area contributed by atoms with Crippen molar-refractivity contribution >= 4 is 17.6 Å². The number of amides is 2. The van der Waals surface area contributed by atoms with Gasteiger partial charge in [-0.1, -0.05) is 18.2 Å². The van der Waals surface area contributed by atoms with Crippen LogP contribution in [0.2, 0.25) is 0 Å². The maximum atomic E-state index is 14.1. The molecule has 11 heteroatoms. The van der Waals surface area contributed by atoms with Gasteiger partial charge in [-0.2, -0.15) is 8.78 Å². The lowest BCUT2D eigenvalue weighted by atomic mass is 10.0. The fourth-order valence-electron chi connectivity index (χ4n) is 3.69. The highest BCUT2D eigenvalue weighted by Crippen LogP contribution is 2.31. The van der Waals surface area contributed by atoms with E-state index in [2.05, 4.69) is 21.2 Å². The molecule has 38 heavy (non-hydrogen) atoms. The number of likely N-dealkylation sites (N-methyl/N-ethyl adjacent to an activating group) is 1. The molecule has 0 bridgehead atoms. The Morgan fingerprint density at radius 1 is 1.13 bits per heavy atom. The summed E-state index contributed by atoms with van der Waals surface area (Å²) in [6, 6.07) is 14.0. The molecule has 9 nitrogen and oxygen atoms in total. The van der Waals surface area contributed by atoms with Crippen LogP contribution >= 0.6 is 0 Å². The van der Waals surface area contributed by atoms with E-state index in [1.807, 2.05) is 24.1 Å². The van der Waals surface area contributed by atoms with Gasteiger partial charge in [0, 0.05) is 19.3 Å². The van der Waals surface area contributed by atoms with E-state index in [0.29, 0.717) is 11.5 Å². The SMILES string of the molecule is CN1C(=O)C(NC(=O)c2cc(Oc3ccccc3)ccn2)COc2ccc(C#CC(F)(F)C3COC3)nc21. The number of halogens is 2.